The number of carbonyl (C=O) groups is 2. The van der Waals surface area contributed by atoms with Gasteiger partial charge in [-0.05, 0) is 32.2 Å². The van der Waals surface area contributed by atoms with E-state index in [0.717, 1.165) is 0 Å². The van der Waals surface area contributed by atoms with Crippen molar-refractivity contribution in [2.75, 3.05) is 11.6 Å². The molecule has 0 aromatic carbocycles. The first-order chi connectivity index (χ1) is 11.3. The Morgan fingerprint density at radius 1 is 1.42 bits per heavy atom. The Hall–Kier alpha value is -2.55. The standard InChI is InChI=1S/C15H19N5O3S/c1-8(2)23-14-9(6-5-7-17-14)13(22)18-12-10(11(16)21)15(24-4)19-20(12)3/h5-8H,1-4H3,(H2,16,21)(H,18,22). The summed E-state index contributed by atoms with van der Waals surface area (Å²) in [5.41, 5.74) is 5.85. The third-order valence-corrected chi connectivity index (χ3v) is 3.72. The van der Waals surface area contributed by atoms with Crippen molar-refractivity contribution in [3.05, 3.63) is 29.5 Å². The molecule has 2 rings (SSSR count). The zero-order chi connectivity index (χ0) is 17.9. The Morgan fingerprint density at radius 3 is 2.71 bits per heavy atom. The SMILES string of the molecule is CSc1nn(C)c(NC(=O)c2cccnc2OC(C)C)c1C(N)=O. The van der Waals surface area contributed by atoms with E-state index in [4.69, 9.17) is 10.5 Å². The van der Waals surface area contributed by atoms with Gasteiger partial charge in [0.15, 0.2) is 0 Å². The van der Waals surface area contributed by atoms with Gasteiger partial charge in [0.05, 0.1) is 6.10 Å². The van der Waals surface area contributed by atoms with Crippen LogP contribution < -0.4 is 15.8 Å². The van der Waals surface area contributed by atoms with Crippen molar-refractivity contribution in [1.82, 2.24) is 14.8 Å². The highest BCUT2D eigenvalue weighted by atomic mass is 32.2. The third kappa shape index (κ3) is 3.67. The summed E-state index contributed by atoms with van der Waals surface area (Å²) in [5, 5.41) is 7.31. The fourth-order valence-corrected chi connectivity index (χ4v) is 2.67. The van der Waals surface area contributed by atoms with Crippen LogP contribution in [0.25, 0.3) is 0 Å². The molecule has 0 unspecified atom stereocenters. The maximum Gasteiger partial charge on any atom is 0.262 e. The van der Waals surface area contributed by atoms with E-state index in [0.29, 0.717) is 5.03 Å². The molecule has 2 heterocycles. The van der Waals surface area contributed by atoms with E-state index in [-0.39, 0.29) is 28.9 Å². The first-order valence-electron chi connectivity index (χ1n) is 7.19. The lowest BCUT2D eigenvalue weighted by Crippen LogP contribution is -2.21. The van der Waals surface area contributed by atoms with Gasteiger partial charge in [0.2, 0.25) is 5.88 Å². The molecule has 2 aromatic heterocycles. The molecule has 0 aliphatic heterocycles. The molecule has 0 aliphatic rings. The van der Waals surface area contributed by atoms with E-state index < -0.39 is 11.8 Å². The zero-order valence-corrected chi connectivity index (χ0v) is 14.7. The zero-order valence-electron chi connectivity index (χ0n) is 13.9. The summed E-state index contributed by atoms with van der Waals surface area (Å²) in [5.74, 6) is -0.668. The van der Waals surface area contributed by atoms with E-state index in [1.807, 2.05) is 13.8 Å². The smallest absolute Gasteiger partial charge is 0.262 e. The first kappa shape index (κ1) is 17.8. The fourth-order valence-electron chi connectivity index (χ4n) is 2.06. The minimum Gasteiger partial charge on any atom is -0.474 e. The van der Waals surface area contributed by atoms with E-state index in [2.05, 4.69) is 15.4 Å². The number of pyridine rings is 1. The summed E-state index contributed by atoms with van der Waals surface area (Å²) < 4.78 is 6.95. The average molecular weight is 349 g/mol. The number of aromatic nitrogens is 3. The van der Waals surface area contributed by atoms with Gasteiger partial charge in [0, 0.05) is 13.2 Å². The van der Waals surface area contributed by atoms with Gasteiger partial charge in [0.25, 0.3) is 11.8 Å². The number of amides is 2. The predicted molar refractivity (Wildman–Crippen MR) is 91.5 cm³/mol. The van der Waals surface area contributed by atoms with Crippen molar-refractivity contribution in [3.63, 3.8) is 0 Å². The minimum absolute atomic E-state index is 0.132. The van der Waals surface area contributed by atoms with Crippen molar-refractivity contribution < 1.29 is 14.3 Å². The minimum atomic E-state index is -0.660. The lowest BCUT2D eigenvalue weighted by molar-refractivity contribution is 0.0998. The van der Waals surface area contributed by atoms with Gasteiger partial charge < -0.3 is 15.8 Å². The van der Waals surface area contributed by atoms with Crippen LogP contribution in [-0.2, 0) is 7.05 Å². The number of aryl methyl sites for hydroxylation is 1. The molecule has 8 nitrogen and oxygen atoms in total. The van der Waals surface area contributed by atoms with E-state index >= 15 is 0 Å². The molecule has 24 heavy (non-hydrogen) atoms. The number of anilines is 1. The number of thioether (sulfide) groups is 1. The highest BCUT2D eigenvalue weighted by Crippen LogP contribution is 2.27. The largest absolute Gasteiger partial charge is 0.474 e. The van der Waals surface area contributed by atoms with Crippen LogP contribution in [0.5, 0.6) is 5.88 Å². The van der Waals surface area contributed by atoms with Crippen LogP contribution in [0.15, 0.2) is 23.4 Å². The maximum atomic E-state index is 12.6. The molecule has 0 saturated heterocycles. The van der Waals surface area contributed by atoms with E-state index in [9.17, 15) is 9.59 Å². The van der Waals surface area contributed by atoms with Crippen molar-refractivity contribution >= 4 is 29.4 Å². The summed E-state index contributed by atoms with van der Waals surface area (Å²) in [7, 11) is 1.62. The molecule has 0 radical (unpaired) electrons. The Labute approximate surface area is 143 Å². The monoisotopic (exact) mass is 349 g/mol. The summed E-state index contributed by atoms with van der Waals surface area (Å²) in [6.45, 7) is 3.68. The Bertz CT molecular complexity index is 772. The number of rotatable bonds is 6. The molecule has 3 N–H and O–H groups in total. The molecule has 2 amide bonds. The summed E-state index contributed by atoms with van der Waals surface area (Å²) >= 11 is 1.27. The van der Waals surface area contributed by atoms with E-state index in [1.54, 1.807) is 31.6 Å². The van der Waals surface area contributed by atoms with Crippen LogP contribution in [0, 0.1) is 0 Å². The number of carbonyl (C=O) groups excluding carboxylic acids is 2. The van der Waals surface area contributed by atoms with Crippen LogP contribution in [0.1, 0.15) is 34.6 Å². The first-order valence-corrected chi connectivity index (χ1v) is 8.41. The second-order valence-electron chi connectivity index (χ2n) is 5.20. The van der Waals surface area contributed by atoms with Gasteiger partial charge in [-0.15, -0.1) is 11.8 Å². The summed E-state index contributed by atoms with van der Waals surface area (Å²) in [4.78, 5) is 28.4. The molecule has 9 heteroatoms. The van der Waals surface area contributed by atoms with Crippen molar-refractivity contribution in [3.8, 4) is 5.88 Å². The molecule has 0 aliphatic carbocycles. The predicted octanol–water partition coefficient (Wildman–Crippen LogP) is 1.68. The molecular weight excluding hydrogens is 330 g/mol. The molecule has 128 valence electrons. The summed E-state index contributed by atoms with van der Waals surface area (Å²) in [6, 6.07) is 3.23. The quantitative estimate of drug-likeness (QED) is 0.767. The van der Waals surface area contributed by atoms with Crippen molar-refractivity contribution in [2.45, 2.75) is 25.0 Å². The Balaban J connectivity index is 2.38. The molecule has 0 atom stereocenters. The van der Waals surface area contributed by atoms with Crippen molar-refractivity contribution in [2.24, 2.45) is 12.8 Å². The number of nitrogens with two attached hydrogens (primary N) is 1. The second kappa shape index (κ2) is 7.35. The molecule has 2 aromatic rings. The fraction of sp³-hybridized carbons (Fsp3) is 0.333. The molecule has 0 bridgehead atoms. The van der Waals surface area contributed by atoms with Gasteiger partial charge >= 0.3 is 0 Å². The lowest BCUT2D eigenvalue weighted by atomic mass is 10.2. The van der Waals surface area contributed by atoms with Crippen LogP contribution in [0.2, 0.25) is 0 Å². The van der Waals surface area contributed by atoms with Gasteiger partial charge in [-0.3, -0.25) is 14.3 Å². The van der Waals surface area contributed by atoms with Gasteiger partial charge in [-0.25, -0.2) is 4.98 Å². The second-order valence-corrected chi connectivity index (χ2v) is 5.99. The number of nitrogens with one attached hydrogen (secondary N) is 1. The molecule has 0 spiro atoms. The number of ether oxygens (including phenoxy) is 1. The lowest BCUT2D eigenvalue weighted by Gasteiger charge is -2.13. The van der Waals surface area contributed by atoms with Crippen molar-refractivity contribution in [1.29, 1.82) is 0 Å². The number of primary amides is 1. The highest BCUT2D eigenvalue weighted by Gasteiger charge is 2.24. The normalized spacial score (nSPS) is 10.7. The molecular formula is C15H19N5O3S. The topological polar surface area (TPSA) is 112 Å². The van der Waals surface area contributed by atoms with Gasteiger partial charge in [0.1, 0.15) is 22.0 Å². The maximum absolute atomic E-state index is 12.6. The third-order valence-electron chi connectivity index (χ3n) is 3.05. The van der Waals surface area contributed by atoms with Crippen LogP contribution in [0.4, 0.5) is 5.82 Å². The highest BCUT2D eigenvalue weighted by molar-refractivity contribution is 7.98. The van der Waals surface area contributed by atoms with Gasteiger partial charge in [-0.1, -0.05) is 0 Å². The molecule has 0 saturated carbocycles. The Kier molecular flexibility index (Phi) is 5.45. The number of hydrogen-bond donors (Lipinski definition) is 2. The summed E-state index contributed by atoms with van der Waals surface area (Å²) in [6.07, 6.45) is 3.18. The van der Waals surface area contributed by atoms with Gasteiger partial charge in [-0.2, -0.15) is 5.10 Å². The van der Waals surface area contributed by atoms with Crippen LogP contribution >= 0.6 is 11.8 Å². The molecule has 0 fully saturated rings. The number of hydrogen-bond acceptors (Lipinski definition) is 6. The van der Waals surface area contributed by atoms with Crippen LogP contribution in [-0.4, -0.2) is 38.9 Å². The van der Waals surface area contributed by atoms with E-state index in [1.165, 1.54) is 16.4 Å². The Morgan fingerprint density at radius 2 is 2.12 bits per heavy atom. The number of nitrogens with zero attached hydrogens (tertiary/aromatic N) is 3. The van der Waals surface area contributed by atoms with Crippen LogP contribution in [0.3, 0.4) is 0 Å². The average Bonchev–Trinajstić information content (AvgIpc) is 2.83.